The molecule has 1 aromatic rings. The molecule has 4 atom stereocenters. The minimum absolute atomic E-state index is 0.216. The van der Waals surface area contributed by atoms with Crippen LogP contribution in [0.1, 0.15) is 31.4 Å². The molecule has 5 heterocycles. The Kier molecular flexibility index (Phi) is 4.07. The van der Waals surface area contributed by atoms with Crippen LogP contribution in [-0.4, -0.2) is 62.9 Å². The number of rotatable bonds is 4. The van der Waals surface area contributed by atoms with E-state index < -0.39 is 0 Å². The summed E-state index contributed by atoms with van der Waals surface area (Å²) >= 11 is 0. The lowest BCUT2D eigenvalue weighted by atomic mass is 9.75. The van der Waals surface area contributed by atoms with Crippen LogP contribution in [0.2, 0.25) is 0 Å². The van der Waals surface area contributed by atoms with Gasteiger partial charge in [-0.2, -0.15) is 0 Å². The fraction of sp³-hybridized carbons (Fsp3) is 0.812. The number of aromatic nitrogens is 3. The summed E-state index contributed by atoms with van der Waals surface area (Å²) in [6.07, 6.45) is 6.54. The molecule has 1 amide bonds. The minimum Gasteiger partial charge on any atom is -0.342 e. The van der Waals surface area contributed by atoms with Crippen LogP contribution < -0.4 is 5.73 Å². The number of nitrogens with two attached hydrogens (primary N) is 1. The second kappa shape index (κ2) is 6.20. The predicted molar refractivity (Wildman–Crippen MR) is 85.3 cm³/mol. The number of hydrogen-bond donors (Lipinski definition) is 1. The summed E-state index contributed by atoms with van der Waals surface area (Å²) in [7, 11) is 0. The van der Waals surface area contributed by atoms with Crippen molar-refractivity contribution in [3.8, 4) is 0 Å². The standard InChI is InChI=1S/C16H26N6O/c17-8-13-9-22(19-18-13)10-14-7-12-3-6-21(14)11-15(12)16(23)20-4-1-2-5-20/h9,12,14-15H,1-8,10-11,17H2/t12-,14-,15+/m1/s1. The van der Waals surface area contributed by atoms with Crippen molar-refractivity contribution in [3.63, 3.8) is 0 Å². The summed E-state index contributed by atoms with van der Waals surface area (Å²) < 4.78 is 1.91. The maximum absolute atomic E-state index is 12.8. The van der Waals surface area contributed by atoms with Crippen LogP contribution in [0.4, 0.5) is 0 Å². The third-order valence-electron chi connectivity index (χ3n) is 5.81. The molecule has 7 heteroatoms. The molecule has 4 saturated heterocycles. The van der Waals surface area contributed by atoms with Crippen LogP contribution in [0.25, 0.3) is 0 Å². The van der Waals surface area contributed by atoms with Crippen molar-refractivity contribution >= 4 is 5.91 Å². The Morgan fingerprint density at radius 2 is 2.13 bits per heavy atom. The van der Waals surface area contributed by atoms with Crippen molar-refractivity contribution in [2.24, 2.45) is 17.6 Å². The lowest BCUT2D eigenvalue weighted by molar-refractivity contribution is -0.142. The van der Waals surface area contributed by atoms with E-state index in [9.17, 15) is 4.79 Å². The Labute approximate surface area is 136 Å². The summed E-state index contributed by atoms with van der Waals surface area (Å²) in [5.74, 6) is 1.16. The number of amides is 1. The molecule has 2 bridgehead atoms. The summed E-state index contributed by atoms with van der Waals surface area (Å²) in [5.41, 5.74) is 6.44. The van der Waals surface area contributed by atoms with Gasteiger partial charge in [0.1, 0.15) is 0 Å². The maximum atomic E-state index is 12.8. The van der Waals surface area contributed by atoms with Gasteiger partial charge < -0.3 is 10.6 Å². The van der Waals surface area contributed by atoms with Gasteiger partial charge in [-0.1, -0.05) is 5.21 Å². The van der Waals surface area contributed by atoms with E-state index in [0.29, 0.717) is 24.4 Å². The molecule has 4 fully saturated rings. The highest BCUT2D eigenvalue weighted by Crippen LogP contribution is 2.38. The van der Waals surface area contributed by atoms with Crippen LogP contribution in [-0.2, 0) is 17.9 Å². The maximum Gasteiger partial charge on any atom is 0.227 e. The zero-order valence-corrected chi connectivity index (χ0v) is 13.6. The highest BCUT2D eigenvalue weighted by atomic mass is 16.2. The van der Waals surface area contributed by atoms with Gasteiger partial charge in [0, 0.05) is 38.4 Å². The molecule has 7 nitrogen and oxygen atoms in total. The van der Waals surface area contributed by atoms with E-state index in [-0.39, 0.29) is 5.92 Å². The fourth-order valence-corrected chi connectivity index (χ4v) is 4.52. The molecular formula is C16H26N6O. The molecule has 1 aromatic heterocycles. The molecule has 2 N–H and O–H groups in total. The van der Waals surface area contributed by atoms with Crippen LogP contribution >= 0.6 is 0 Å². The molecule has 23 heavy (non-hydrogen) atoms. The highest BCUT2D eigenvalue weighted by Gasteiger charge is 2.44. The minimum atomic E-state index is 0.216. The molecule has 0 aliphatic carbocycles. The third kappa shape index (κ3) is 2.87. The zero-order valence-electron chi connectivity index (χ0n) is 13.6. The van der Waals surface area contributed by atoms with Gasteiger partial charge in [0.25, 0.3) is 0 Å². The number of hydrogen-bond acceptors (Lipinski definition) is 5. The Hall–Kier alpha value is -1.47. The molecule has 0 aromatic carbocycles. The number of fused-ring (bicyclic) bond motifs is 3. The number of nitrogens with zero attached hydrogens (tertiary/aromatic N) is 5. The van der Waals surface area contributed by atoms with Gasteiger partial charge in [-0.15, -0.1) is 5.10 Å². The van der Waals surface area contributed by atoms with Crippen molar-refractivity contribution < 1.29 is 4.79 Å². The fourth-order valence-electron chi connectivity index (χ4n) is 4.52. The average Bonchev–Trinajstić information content (AvgIpc) is 3.26. The first-order valence-electron chi connectivity index (χ1n) is 8.86. The van der Waals surface area contributed by atoms with Crippen LogP contribution in [0, 0.1) is 11.8 Å². The molecule has 126 valence electrons. The van der Waals surface area contributed by atoms with Gasteiger partial charge >= 0.3 is 0 Å². The lowest BCUT2D eigenvalue weighted by Crippen LogP contribution is -2.58. The first kappa shape index (κ1) is 15.1. The normalized spacial score (nSPS) is 33.3. The van der Waals surface area contributed by atoms with Gasteiger partial charge in [0.05, 0.1) is 18.2 Å². The Morgan fingerprint density at radius 1 is 1.30 bits per heavy atom. The van der Waals surface area contributed by atoms with E-state index >= 15 is 0 Å². The van der Waals surface area contributed by atoms with E-state index in [0.717, 1.165) is 51.3 Å². The second-order valence-electron chi connectivity index (χ2n) is 7.21. The predicted octanol–water partition coefficient (Wildman–Crippen LogP) is 0.0696. The molecule has 0 spiro atoms. The average molecular weight is 318 g/mol. The molecule has 1 unspecified atom stereocenters. The number of carbonyl (C=O) groups excluding carboxylic acids is 1. The Balaban J connectivity index is 1.40. The summed E-state index contributed by atoms with van der Waals surface area (Å²) in [6.45, 7) is 5.25. The third-order valence-corrected chi connectivity index (χ3v) is 5.81. The van der Waals surface area contributed by atoms with E-state index in [1.54, 1.807) is 0 Å². The van der Waals surface area contributed by atoms with E-state index in [1.165, 1.54) is 12.8 Å². The topological polar surface area (TPSA) is 80.3 Å². The van der Waals surface area contributed by atoms with E-state index in [4.69, 9.17) is 5.73 Å². The molecule has 4 aliphatic rings. The van der Waals surface area contributed by atoms with Gasteiger partial charge in [-0.3, -0.25) is 14.4 Å². The SMILES string of the molecule is NCc1cn(C[C@H]2C[C@H]3CCN2C[C@@H]3C(=O)N2CCCC2)nn1. The second-order valence-corrected chi connectivity index (χ2v) is 7.21. The van der Waals surface area contributed by atoms with Crippen molar-refractivity contribution in [3.05, 3.63) is 11.9 Å². The van der Waals surface area contributed by atoms with Gasteiger partial charge in [-0.05, 0) is 38.1 Å². The Morgan fingerprint density at radius 3 is 2.78 bits per heavy atom. The van der Waals surface area contributed by atoms with Crippen LogP contribution in [0.15, 0.2) is 6.20 Å². The number of likely N-dealkylation sites (tertiary alicyclic amines) is 1. The molecule has 5 rings (SSSR count). The first-order valence-corrected chi connectivity index (χ1v) is 8.86. The van der Waals surface area contributed by atoms with Crippen LogP contribution in [0.5, 0.6) is 0 Å². The van der Waals surface area contributed by atoms with Crippen molar-refractivity contribution in [2.75, 3.05) is 26.2 Å². The summed E-state index contributed by atoms with van der Waals surface area (Å²) in [4.78, 5) is 17.3. The molecule has 0 saturated carbocycles. The number of carbonyl (C=O) groups is 1. The van der Waals surface area contributed by atoms with Gasteiger partial charge in [0.15, 0.2) is 0 Å². The Bertz CT molecular complexity index is 567. The van der Waals surface area contributed by atoms with E-state index in [1.807, 2.05) is 10.9 Å². The van der Waals surface area contributed by atoms with Crippen molar-refractivity contribution in [1.82, 2.24) is 24.8 Å². The summed E-state index contributed by atoms with van der Waals surface area (Å²) in [5, 5.41) is 8.23. The van der Waals surface area contributed by atoms with E-state index in [2.05, 4.69) is 20.1 Å². The quantitative estimate of drug-likeness (QED) is 0.850. The molecular weight excluding hydrogens is 292 g/mol. The zero-order chi connectivity index (χ0) is 15.8. The van der Waals surface area contributed by atoms with Crippen molar-refractivity contribution in [2.45, 2.75) is 44.8 Å². The monoisotopic (exact) mass is 318 g/mol. The largest absolute Gasteiger partial charge is 0.342 e. The lowest BCUT2D eigenvalue weighted by Gasteiger charge is -2.49. The summed E-state index contributed by atoms with van der Waals surface area (Å²) in [6, 6.07) is 0.476. The number of piperidine rings is 3. The molecule has 0 radical (unpaired) electrons. The van der Waals surface area contributed by atoms with Gasteiger partial charge in [-0.25, -0.2) is 0 Å². The smallest absolute Gasteiger partial charge is 0.227 e. The molecule has 4 aliphatic heterocycles. The first-order chi connectivity index (χ1) is 11.2. The van der Waals surface area contributed by atoms with Crippen LogP contribution in [0.3, 0.4) is 0 Å². The van der Waals surface area contributed by atoms with Crippen molar-refractivity contribution in [1.29, 1.82) is 0 Å². The van der Waals surface area contributed by atoms with Gasteiger partial charge in [0.2, 0.25) is 5.91 Å². The highest BCUT2D eigenvalue weighted by molar-refractivity contribution is 5.80.